The average molecular weight is 201 g/mol. The Hall–Kier alpha value is -1.03. The Bertz CT molecular complexity index is 325. The van der Waals surface area contributed by atoms with E-state index in [4.69, 9.17) is 10.6 Å². The lowest BCUT2D eigenvalue weighted by molar-refractivity contribution is 0.475. The molecule has 0 amide bonds. The van der Waals surface area contributed by atoms with Crippen molar-refractivity contribution < 1.29 is 9.67 Å². The third kappa shape index (κ3) is 3.06. The summed E-state index contributed by atoms with van der Waals surface area (Å²) in [4.78, 5) is 0. The van der Waals surface area contributed by atoms with Gasteiger partial charge in [-0.05, 0) is 31.3 Å². The number of phenolic OH excluding ortho intramolecular Hbond substituents is 1. The minimum Gasteiger partial charge on any atom is -0.508 e. The highest BCUT2D eigenvalue weighted by atomic mass is 31.2. The Labute approximate surface area is 76.5 Å². The predicted octanol–water partition coefficient (Wildman–Crippen LogP) is 1.09. The highest BCUT2D eigenvalue weighted by Gasteiger charge is 2.10. The largest absolute Gasteiger partial charge is 0.508 e. The Kier molecular flexibility index (Phi) is 2.93. The summed E-state index contributed by atoms with van der Waals surface area (Å²) in [6, 6.07) is 6.15. The molecule has 0 saturated carbocycles. The van der Waals surface area contributed by atoms with Crippen molar-refractivity contribution in [1.29, 1.82) is 0 Å². The normalized spacial score (nSPS) is 14.9. The minimum atomic E-state index is -2.99. The number of anilines is 1. The lowest BCUT2D eigenvalue weighted by Crippen LogP contribution is -2.17. The third-order valence-electron chi connectivity index (χ3n) is 1.49. The van der Waals surface area contributed by atoms with Crippen LogP contribution in [0.4, 0.5) is 5.69 Å². The van der Waals surface area contributed by atoms with Crippen molar-refractivity contribution in [1.82, 2.24) is 5.09 Å². The molecule has 0 saturated heterocycles. The molecule has 72 valence electrons. The first-order valence-electron chi connectivity index (χ1n) is 3.68. The number of benzene rings is 1. The van der Waals surface area contributed by atoms with Crippen molar-refractivity contribution in [3.05, 3.63) is 24.3 Å². The lowest BCUT2D eigenvalue weighted by atomic mass is 10.3. The van der Waals surface area contributed by atoms with Crippen molar-refractivity contribution >= 4 is 13.3 Å². The molecule has 1 aromatic rings. The molecule has 1 rings (SSSR count). The van der Waals surface area contributed by atoms with E-state index in [-0.39, 0.29) is 5.75 Å². The molecule has 5 nitrogen and oxygen atoms in total. The summed E-state index contributed by atoms with van der Waals surface area (Å²) < 4.78 is 11.3. The third-order valence-corrected chi connectivity index (χ3v) is 2.75. The first-order valence-corrected chi connectivity index (χ1v) is 5.46. The topological polar surface area (TPSA) is 87.4 Å². The van der Waals surface area contributed by atoms with Crippen molar-refractivity contribution in [2.24, 2.45) is 5.50 Å². The molecule has 0 aliphatic rings. The van der Waals surface area contributed by atoms with Crippen LogP contribution in [-0.2, 0) is 4.57 Å². The quantitative estimate of drug-likeness (QED) is 0.434. The summed E-state index contributed by atoms with van der Waals surface area (Å²) in [6.07, 6.45) is 0. The highest BCUT2D eigenvalue weighted by Crippen LogP contribution is 2.31. The minimum absolute atomic E-state index is 0.155. The number of hydrogen-bond donors (Lipinski definition) is 4. The molecule has 0 bridgehead atoms. The van der Waals surface area contributed by atoms with Gasteiger partial charge in [0.25, 0.3) is 7.59 Å². The van der Waals surface area contributed by atoms with Crippen LogP contribution in [-0.4, -0.2) is 12.2 Å². The van der Waals surface area contributed by atoms with Gasteiger partial charge in [0.15, 0.2) is 0 Å². The molecule has 0 aromatic heterocycles. The van der Waals surface area contributed by atoms with Crippen molar-refractivity contribution in [3.8, 4) is 5.75 Å². The SMILES string of the molecule is CNP(N)(=O)Nc1ccc(O)cc1. The molecule has 0 aliphatic heterocycles. The van der Waals surface area contributed by atoms with Gasteiger partial charge in [0, 0.05) is 5.69 Å². The van der Waals surface area contributed by atoms with Crippen LogP contribution in [0.1, 0.15) is 0 Å². The molecular formula is C7H12N3O2P. The van der Waals surface area contributed by atoms with Crippen LogP contribution in [0.2, 0.25) is 0 Å². The fourth-order valence-electron chi connectivity index (χ4n) is 0.784. The van der Waals surface area contributed by atoms with Gasteiger partial charge in [-0.1, -0.05) is 0 Å². The maximum absolute atomic E-state index is 11.3. The monoisotopic (exact) mass is 201 g/mol. The zero-order valence-corrected chi connectivity index (χ0v) is 8.08. The fourth-order valence-corrected chi connectivity index (χ4v) is 1.43. The Balaban J connectivity index is 2.75. The van der Waals surface area contributed by atoms with Crippen LogP contribution < -0.4 is 15.7 Å². The zero-order valence-electron chi connectivity index (χ0n) is 7.19. The van der Waals surface area contributed by atoms with E-state index < -0.39 is 7.59 Å². The van der Waals surface area contributed by atoms with E-state index in [1.165, 1.54) is 19.2 Å². The number of rotatable bonds is 3. The number of hydrogen-bond acceptors (Lipinski definition) is 2. The zero-order chi connectivity index (χ0) is 9.90. The maximum atomic E-state index is 11.3. The molecule has 0 aliphatic carbocycles. The summed E-state index contributed by atoms with van der Waals surface area (Å²) in [7, 11) is -1.48. The van der Waals surface area contributed by atoms with Gasteiger partial charge in [0.2, 0.25) is 0 Å². The Morgan fingerprint density at radius 3 is 2.38 bits per heavy atom. The van der Waals surface area contributed by atoms with Gasteiger partial charge < -0.3 is 10.2 Å². The van der Waals surface area contributed by atoms with Crippen LogP contribution in [0.15, 0.2) is 24.3 Å². The van der Waals surface area contributed by atoms with Crippen LogP contribution >= 0.6 is 7.59 Å². The molecule has 0 fully saturated rings. The molecule has 0 heterocycles. The molecule has 0 radical (unpaired) electrons. The van der Waals surface area contributed by atoms with Gasteiger partial charge in [-0.15, -0.1) is 0 Å². The van der Waals surface area contributed by atoms with E-state index in [0.717, 1.165) is 0 Å². The number of aromatic hydroxyl groups is 1. The second-order valence-electron chi connectivity index (χ2n) is 2.54. The van der Waals surface area contributed by atoms with Crippen LogP contribution in [0.3, 0.4) is 0 Å². The Morgan fingerprint density at radius 1 is 1.38 bits per heavy atom. The second kappa shape index (κ2) is 3.79. The van der Waals surface area contributed by atoms with Gasteiger partial charge in [-0.3, -0.25) is 10.1 Å². The van der Waals surface area contributed by atoms with E-state index in [9.17, 15) is 4.57 Å². The van der Waals surface area contributed by atoms with Gasteiger partial charge in [0.1, 0.15) is 5.75 Å². The summed E-state index contributed by atoms with van der Waals surface area (Å²) in [5, 5.41) is 14.0. The van der Waals surface area contributed by atoms with Crippen molar-refractivity contribution in [2.75, 3.05) is 12.1 Å². The summed E-state index contributed by atoms with van der Waals surface area (Å²) >= 11 is 0. The summed E-state index contributed by atoms with van der Waals surface area (Å²) in [5.41, 5.74) is 5.95. The van der Waals surface area contributed by atoms with Crippen LogP contribution in [0.25, 0.3) is 0 Å². The smallest absolute Gasteiger partial charge is 0.300 e. The fraction of sp³-hybridized carbons (Fsp3) is 0.143. The van der Waals surface area contributed by atoms with E-state index in [0.29, 0.717) is 5.69 Å². The molecule has 1 unspecified atom stereocenters. The number of nitrogens with one attached hydrogen (secondary N) is 2. The molecule has 1 atom stereocenters. The number of phenols is 1. The van der Waals surface area contributed by atoms with Gasteiger partial charge in [-0.25, -0.2) is 5.09 Å². The molecular weight excluding hydrogens is 189 g/mol. The number of nitrogens with two attached hydrogens (primary N) is 1. The Morgan fingerprint density at radius 2 is 1.92 bits per heavy atom. The van der Waals surface area contributed by atoms with E-state index >= 15 is 0 Å². The van der Waals surface area contributed by atoms with Crippen molar-refractivity contribution in [3.63, 3.8) is 0 Å². The molecule has 5 N–H and O–H groups in total. The van der Waals surface area contributed by atoms with Crippen LogP contribution in [0.5, 0.6) is 5.75 Å². The van der Waals surface area contributed by atoms with E-state index in [2.05, 4.69) is 10.2 Å². The first kappa shape index (κ1) is 10.1. The molecule has 13 heavy (non-hydrogen) atoms. The van der Waals surface area contributed by atoms with Crippen LogP contribution in [0, 0.1) is 0 Å². The highest BCUT2D eigenvalue weighted by molar-refractivity contribution is 7.60. The first-order chi connectivity index (χ1) is 6.03. The van der Waals surface area contributed by atoms with Gasteiger partial charge >= 0.3 is 0 Å². The predicted molar refractivity (Wildman–Crippen MR) is 52.6 cm³/mol. The van der Waals surface area contributed by atoms with E-state index in [1.54, 1.807) is 12.1 Å². The second-order valence-corrected chi connectivity index (χ2v) is 4.53. The average Bonchev–Trinajstić information content (AvgIpc) is 2.09. The summed E-state index contributed by atoms with van der Waals surface area (Å²) in [5.74, 6) is 0.155. The standard InChI is InChI=1S/C7H12N3O2P/c1-9-13(8,12)10-6-2-4-7(11)5-3-6/h2-5,11H,1H3,(H4,8,9,10,12). The lowest BCUT2D eigenvalue weighted by Gasteiger charge is -2.13. The molecule has 6 heteroatoms. The summed E-state index contributed by atoms with van der Waals surface area (Å²) in [6.45, 7) is 0. The van der Waals surface area contributed by atoms with Crippen molar-refractivity contribution in [2.45, 2.75) is 0 Å². The van der Waals surface area contributed by atoms with Gasteiger partial charge in [0.05, 0.1) is 0 Å². The molecule has 1 aromatic carbocycles. The van der Waals surface area contributed by atoms with E-state index in [1.807, 2.05) is 0 Å². The maximum Gasteiger partial charge on any atom is 0.300 e. The molecule has 0 spiro atoms. The van der Waals surface area contributed by atoms with Gasteiger partial charge in [-0.2, -0.15) is 0 Å².